The van der Waals surface area contributed by atoms with Crippen LogP contribution in [0.2, 0.25) is 0 Å². The summed E-state index contributed by atoms with van der Waals surface area (Å²) in [4.78, 5) is 0. The Morgan fingerprint density at radius 2 is 1.59 bits per heavy atom. The molecule has 0 amide bonds. The molecule has 0 fully saturated rings. The number of rotatable bonds is 8. The van der Waals surface area contributed by atoms with Crippen molar-refractivity contribution in [1.29, 1.82) is 0 Å². The molecule has 6 nitrogen and oxygen atoms in total. The van der Waals surface area contributed by atoms with Crippen molar-refractivity contribution >= 4 is 0 Å². The lowest BCUT2D eigenvalue weighted by Gasteiger charge is -2.18. The molecule has 0 bridgehead atoms. The number of para-hydroxylation sites is 1. The van der Waals surface area contributed by atoms with Crippen LogP contribution in [-0.2, 0) is 0 Å². The van der Waals surface area contributed by atoms with E-state index >= 15 is 0 Å². The van der Waals surface area contributed by atoms with E-state index in [-0.39, 0.29) is 6.23 Å². The normalized spacial score (nSPS) is 11.3. The first-order valence-electron chi connectivity index (χ1n) is 9.80. The molecule has 0 heterocycles. The van der Waals surface area contributed by atoms with Crippen molar-refractivity contribution < 1.29 is 24.1 Å². The van der Waals surface area contributed by atoms with Crippen molar-refractivity contribution in [2.75, 3.05) is 27.9 Å². The van der Waals surface area contributed by atoms with E-state index in [1.807, 2.05) is 52.1 Å². The third-order valence-electron chi connectivity index (χ3n) is 4.33. The summed E-state index contributed by atoms with van der Waals surface area (Å²) >= 11 is 0. The first kappa shape index (κ1) is 24.4. The van der Waals surface area contributed by atoms with Crippen LogP contribution in [0.4, 0.5) is 0 Å². The summed E-state index contributed by atoms with van der Waals surface area (Å²) < 4.78 is 21.6. The Bertz CT molecular complexity index is 739. The van der Waals surface area contributed by atoms with Crippen LogP contribution in [0.5, 0.6) is 28.7 Å². The minimum absolute atomic E-state index is 0.102. The molecule has 0 radical (unpaired) electrons. The Morgan fingerprint density at radius 3 is 2.03 bits per heavy atom. The fourth-order valence-corrected chi connectivity index (χ4v) is 2.59. The van der Waals surface area contributed by atoms with E-state index in [4.69, 9.17) is 18.9 Å². The van der Waals surface area contributed by atoms with Crippen molar-refractivity contribution in [1.82, 2.24) is 5.32 Å². The largest absolute Gasteiger partial charge is 0.508 e. The fourth-order valence-electron chi connectivity index (χ4n) is 2.59. The summed E-state index contributed by atoms with van der Waals surface area (Å²) in [6.45, 7) is 10.6. The van der Waals surface area contributed by atoms with Gasteiger partial charge in [0.2, 0.25) is 5.75 Å². The highest BCUT2D eigenvalue weighted by molar-refractivity contribution is 5.51. The zero-order chi connectivity index (χ0) is 22.0. The lowest BCUT2D eigenvalue weighted by Crippen LogP contribution is -2.27. The monoisotopic (exact) mass is 405 g/mol. The maximum Gasteiger partial charge on any atom is 0.205 e. The Morgan fingerprint density at radius 1 is 1.00 bits per heavy atom. The van der Waals surface area contributed by atoms with Crippen LogP contribution in [0.1, 0.15) is 44.7 Å². The number of phenols is 1. The van der Waals surface area contributed by atoms with E-state index < -0.39 is 0 Å². The molecular formula is C23H35NO5. The van der Waals surface area contributed by atoms with Gasteiger partial charge in [-0.1, -0.05) is 19.9 Å². The number of aromatic hydroxyl groups is 1. The summed E-state index contributed by atoms with van der Waals surface area (Å²) in [5.41, 5.74) is 1.92. The molecule has 2 rings (SSSR count). The molecule has 6 heteroatoms. The number of phenolic OH excluding ortho intramolecular Hbond substituents is 1. The van der Waals surface area contributed by atoms with Crippen LogP contribution in [0.3, 0.4) is 0 Å². The molecule has 0 aliphatic heterocycles. The van der Waals surface area contributed by atoms with E-state index in [2.05, 4.69) is 19.2 Å². The lowest BCUT2D eigenvalue weighted by molar-refractivity contribution is 0.177. The second-order valence-electron chi connectivity index (χ2n) is 6.80. The molecule has 2 aromatic rings. The van der Waals surface area contributed by atoms with Gasteiger partial charge in [-0.25, -0.2) is 0 Å². The van der Waals surface area contributed by atoms with Crippen LogP contribution in [0.15, 0.2) is 30.3 Å². The van der Waals surface area contributed by atoms with Crippen LogP contribution in [0, 0.1) is 6.92 Å². The van der Waals surface area contributed by atoms with Gasteiger partial charge >= 0.3 is 0 Å². The van der Waals surface area contributed by atoms with Gasteiger partial charge in [0.25, 0.3) is 0 Å². The van der Waals surface area contributed by atoms with E-state index in [1.54, 1.807) is 20.3 Å². The van der Waals surface area contributed by atoms with Crippen molar-refractivity contribution in [3.8, 4) is 28.7 Å². The number of hydrogen-bond acceptors (Lipinski definition) is 6. The number of hydrogen-bond donors (Lipinski definition) is 2. The average molecular weight is 406 g/mol. The Kier molecular flexibility index (Phi) is 10.2. The van der Waals surface area contributed by atoms with E-state index in [0.717, 1.165) is 16.9 Å². The third-order valence-corrected chi connectivity index (χ3v) is 4.33. The first-order valence-corrected chi connectivity index (χ1v) is 9.80. The van der Waals surface area contributed by atoms with Crippen LogP contribution in [-0.4, -0.2) is 39.2 Å². The zero-order valence-corrected chi connectivity index (χ0v) is 18.8. The molecular weight excluding hydrogens is 370 g/mol. The molecule has 2 aromatic carbocycles. The number of aryl methyl sites for hydroxylation is 1. The lowest BCUT2D eigenvalue weighted by atomic mass is 10.00. The SMILES string of the molecule is CCOc1cc(C)c(O)cc1C(C)C.CNC(C)Oc1c(OC)cccc1OC. The van der Waals surface area contributed by atoms with Gasteiger partial charge in [0, 0.05) is 5.56 Å². The predicted octanol–water partition coefficient (Wildman–Crippen LogP) is 4.87. The van der Waals surface area contributed by atoms with Gasteiger partial charge < -0.3 is 24.1 Å². The van der Waals surface area contributed by atoms with Crippen LogP contribution < -0.4 is 24.3 Å². The molecule has 0 aromatic heterocycles. The van der Waals surface area contributed by atoms with Gasteiger partial charge in [0.1, 0.15) is 17.7 Å². The fraction of sp³-hybridized carbons (Fsp3) is 0.478. The quantitative estimate of drug-likeness (QED) is 0.611. The molecule has 0 spiro atoms. The maximum absolute atomic E-state index is 9.59. The van der Waals surface area contributed by atoms with Gasteiger partial charge in [0.05, 0.1) is 20.8 Å². The Balaban J connectivity index is 0.000000291. The minimum Gasteiger partial charge on any atom is -0.508 e. The van der Waals surface area contributed by atoms with Gasteiger partial charge in [-0.2, -0.15) is 0 Å². The average Bonchev–Trinajstić information content (AvgIpc) is 2.71. The van der Waals surface area contributed by atoms with Crippen LogP contribution >= 0.6 is 0 Å². The molecule has 0 aliphatic carbocycles. The molecule has 1 unspecified atom stereocenters. The molecule has 162 valence electrons. The topological polar surface area (TPSA) is 69.2 Å². The standard InChI is InChI=1S/C12H18O2.C11H17NO3/c1-5-14-12-6-9(4)11(13)7-10(12)8(2)3;1-8(12-2)15-11-9(13-3)6-5-7-10(11)14-4/h6-8,13H,5H2,1-4H3;5-8,12H,1-4H3. The Labute approximate surface area is 174 Å². The highest BCUT2D eigenvalue weighted by Gasteiger charge is 2.13. The van der Waals surface area contributed by atoms with E-state index in [9.17, 15) is 5.11 Å². The van der Waals surface area contributed by atoms with Crippen molar-refractivity contribution in [2.24, 2.45) is 0 Å². The molecule has 1 atom stereocenters. The maximum atomic E-state index is 9.59. The van der Waals surface area contributed by atoms with Crippen molar-refractivity contribution in [2.45, 2.75) is 46.8 Å². The molecule has 0 saturated heterocycles. The van der Waals surface area contributed by atoms with Gasteiger partial charge in [0.15, 0.2) is 11.5 Å². The van der Waals surface area contributed by atoms with Gasteiger partial charge in [-0.3, -0.25) is 5.32 Å². The first-order chi connectivity index (χ1) is 13.8. The van der Waals surface area contributed by atoms with Crippen molar-refractivity contribution in [3.05, 3.63) is 41.5 Å². The summed E-state index contributed by atoms with van der Waals surface area (Å²) in [7, 11) is 5.03. The molecule has 0 aliphatic rings. The van der Waals surface area contributed by atoms with Crippen LogP contribution in [0.25, 0.3) is 0 Å². The molecule has 0 saturated carbocycles. The smallest absolute Gasteiger partial charge is 0.205 e. The number of nitrogens with one attached hydrogen (secondary N) is 1. The minimum atomic E-state index is -0.102. The second kappa shape index (κ2) is 12.1. The highest BCUT2D eigenvalue weighted by Crippen LogP contribution is 2.37. The van der Waals surface area contributed by atoms with Gasteiger partial charge in [-0.15, -0.1) is 0 Å². The predicted molar refractivity (Wildman–Crippen MR) is 117 cm³/mol. The summed E-state index contributed by atoms with van der Waals surface area (Å²) in [5, 5.41) is 12.6. The van der Waals surface area contributed by atoms with Gasteiger partial charge in [-0.05, 0) is 63.6 Å². The third kappa shape index (κ3) is 7.06. The number of methoxy groups -OCH3 is 2. The molecule has 29 heavy (non-hydrogen) atoms. The van der Waals surface area contributed by atoms with E-state index in [0.29, 0.717) is 35.5 Å². The number of ether oxygens (including phenoxy) is 4. The molecule has 2 N–H and O–H groups in total. The van der Waals surface area contributed by atoms with Crippen molar-refractivity contribution in [3.63, 3.8) is 0 Å². The summed E-state index contributed by atoms with van der Waals surface area (Å²) in [6, 6.07) is 9.22. The second-order valence-corrected chi connectivity index (χ2v) is 6.80. The Hall–Kier alpha value is -2.60. The van der Waals surface area contributed by atoms with E-state index in [1.165, 1.54) is 0 Å². The summed E-state index contributed by atoms with van der Waals surface area (Å²) in [6.07, 6.45) is -0.102. The highest BCUT2D eigenvalue weighted by atomic mass is 16.5. The summed E-state index contributed by atoms with van der Waals surface area (Å²) in [5.74, 6) is 3.54. The zero-order valence-electron chi connectivity index (χ0n) is 18.8. The number of benzene rings is 2.